The first-order valence-electron chi connectivity index (χ1n) is 10.3. The number of rotatable bonds is 2. The Morgan fingerprint density at radius 2 is 1.93 bits per heavy atom. The Bertz CT molecular complexity index is 1020. The number of para-hydroxylation sites is 2. The summed E-state index contributed by atoms with van der Waals surface area (Å²) < 4.78 is 0. The molecule has 1 aromatic heterocycles. The van der Waals surface area contributed by atoms with Gasteiger partial charge < -0.3 is 5.32 Å². The molecule has 1 saturated carbocycles. The molecule has 0 radical (unpaired) electrons. The molecule has 0 spiro atoms. The molecule has 1 amide bonds. The molecule has 1 fully saturated rings. The molecule has 148 valence electrons. The van der Waals surface area contributed by atoms with Crippen molar-refractivity contribution in [3.05, 3.63) is 65.6 Å². The summed E-state index contributed by atoms with van der Waals surface area (Å²) in [5, 5.41) is 3.54. The highest BCUT2D eigenvalue weighted by atomic mass is 16.2. The number of anilines is 2. The standard InChI is InChI=1S/C24H25N3O2/c1-24(2)12-18-21(20(28)13-24)22(16-6-5-11-25-14-16)27(23(29)15-9-10-15)19-8-4-3-7-17(19)26-18/h3-8,11,14-15,22,26H,9-10,12-13H2,1-2H3/t22-/m1/s1. The predicted octanol–water partition coefficient (Wildman–Crippen LogP) is 4.63. The van der Waals surface area contributed by atoms with Crippen LogP contribution in [0.15, 0.2) is 60.1 Å². The molecule has 5 nitrogen and oxygen atoms in total. The van der Waals surface area contributed by atoms with E-state index in [9.17, 15) is 9.59 Å². The Morgan fingerprint density at radius 1 is 1.14 bits per heavy atom. The zero-order valence-electron chi connectivity index (χ0n) is 16.8. The third kappa shape index (κ3) is 3.15. The molecule has 5 heteroatoms. The zero-order valence-corrected chi connectivity index (χ0v) is 16.8. The van der Waals surface area contributed by atoms with Crippen molar-refractivity contribution in [3.63, 3.8) is 0 Å². The van der Waals surface area contributed by atoms with E-state index in [2.05, 4.69) is 24.1 Å². The summed E-state index contributed by atoms with van der Waals surface area (Å²) in [6.07, 6.45) is 6.58. The van der Waals surface area contributed by atoms with Crippen molar-refractivity contribution in [1.82, 2.24) is 4.98 Å². The Labute approximate surface area is 170 Å². The third-order valence-electron chi connectivity index (χ3n) is 6.06. The molecule has 2 heterocycles. The Kier molecular flexibility index (Phi) is 4.09. The average Bonchev–Trinajstić information content (AvgIpc) is 3.53. The molecule has 1 atom stereocenters. The van der Waals surface area contributed by atoms with Gasteiger partial charge in [-0.1, -0.05) is 32.0 Å². The van der Waals surface area contributed by atoms with Crippen LogP contribution in [0.5, 0.6) is 0 Å². The van der Waals surface area contributed by atoms with Gasteiger partial charge in [-0.2, -0.15) is 0 Å². The van der Waals surface area contributed by atoms with Gasteiger partial charge >= 0.3 is 0 Å². The number of carbonyl (C=O) groups is 2. The number of benzene rings is 1. The molecule has 1 N–H and O–H groups in total. The number of carbonyl (C=O) groups excluding carboxylic acids is 2. The van der Waals surface area contributed by atoms with Crippen LogP contribution in [-0.2, 0) is 9.59 Å². The van der Waals surface area contributed by atoms with E-state index < -0.39 is 6.04 Å². The largest absolute Gasteiger partial charge is 0.357 e. The quantitative estimate of drug-likeness (QED) is 0.816. The van der Waals surface area contributed by atoms with E-state index in [-0.39, 0.29) is 23.0 Å². The molecular weight excluding hydrogens is 362 g/mol. The Hall–Kier alpha value is -2.95. The fourth-order valence-electron chi connectivity index (χ4n) is 4.61. The number of fused-ring (bicyclic) bond motifs is 1. The summed E-state index contributed by atoms with van der Waals surface area (Å²) in [6, 6.07) is 11.3. The monoisotopic (exact) mass is 387 g/mol. The first-order valence-corrected chi connectivity index (χ1v) is 10.3. The fourth-order valence-corrected chi connectivity index (χ4v) is 4.61. The number of allylic oxidation sites excluding steroid dienone is 1. The second-order valence-electron chi connectivity index (χ2n) is 9.15. The van der Waals surface area contributed by atoms with E-state index in [1.165, 1.54) is 0 Å². The first kappa shape index (κ1) is 18.1. The van der Waals surface area contributed by atoms with E-state index in [1.807, 2.05) is 41.3 Å². The molecule has 0 bridgehead atoms. The van der Waals surface area contributed by atoms with Crippen LogP contribution in [0.1, 0.15) is 51.1 Å². The number of hydrogen-bond acceptors (Lipinski definition) is 4. The number of Topliss-reactive ketones (excluding diaryl/α,β-unsaturated/α-hetero) is 1. The van der Waals surface area contributed by atoms with E-state index in [0.29, 0.717) is 12.0 Å². The molecule has 3 aliphatic rings. The number of pyridine rings is 1. The molecule has 2 aliphatic carbocycles. The number of nitrogens with zero attached hydrogens (tertiary/aromatic N) is 2. The summed E-state index contributed by atoms with van der Waals surface area (Å²) in [5.41, 5.74) is 4.11. The summed E-state index contributed by atoms with van der Waals surface area (Å²) in [6.45, 7) is 4.25. The van der Waals surface area contributed by atoms with Crippen LogP contribution in [0.25, 0.3) is 0 Å². The number of aromatic nitrogens is 1. The van der Waals surface area contributed by atoms with Crippen molar-refractivity contribution in [1.29, 1.82) is 0 Å². The van der Waals surface area contributed by atoms with Gasteiger partial charge in [-0.25, -0.2) is 0 Å². The normalized spacial score (nSPS) is 23.0. The van der Waals surface area contributed by atoms with Crippen LogP contribution >= 0.6 is 0 Å². The van der Waals surface area contributed by atoms with Crippen molar-refractivity contribution >= 4 is 23.1 Å². The molecule has 1 aromatic carbocycles. The summed E-state index contributed by atoms with van der Waals surface area (Å²) in [7, 11) is 0. The lowest BCUT2D eigenvalue weighted by atomic mass is 9.73. The summed E-state index contributed by atoms with van der Waals surface area (Å²) in [4.78, 5) is 33.1. The highest BCUT2D eigenvalue weighted by molar-refractivity contribution is 6.07. The number of hydrogen-bond donors (Lipinski definition) is 1. The van der Waals surface area contributed by atoms with E-state index in [1.54, 1.807) is 12.4 Å². The maximum absolute atomic E-state index is 13.5. The summed E-state index contributed by atoms with van der Waals surface area (Å²) >= 11 is 0. The first-order chi connectivity index (χ1) is 13.9. The number of ketones is 1. The predicted molar refractivity (Wildman–Crippen MR) is 112 cm³/mol. The van der Waals surface area contributed by atoms with Gasteiger partial charge in [0.25, 0.3) is 0 Å². The SMILES string of the molecule is CC1(C)CC(=O)C2=C(C1)Nc1ccccc1N(C(=O)C1CC1)[C@@H]2c1cccnc1. The summed E-state index contributed by atoms with van der Waals surface area (Å²) in [5.74, 6) is 0.248. The molecule has 0 unspecified atom stereocenters. The van der Waals surface area contributed by atoms with Gasteiger partial charge in [0.1, 0.15) is 0 Å². The smallest absolute Gasteiger partial charge is 0.231 e. The number of nitrogens with one attached hydrogen (secondary N) is 1. The van der Waals surface area contributed by atoms with Crippen LogP contribution in [0.2, 0.25) is 0 Å². The van der Waals surface area contributed by atoms with Gasteiger partial charge in [-0.15, -0.1) is 0 Å². The molecule has 29 heavy (non-hydrogen) atoms. The minimum Gasteiger partial charge on any atom is -0.357 e. The number of amides is 1. The molecular formula is C24H25N3O2. The Morgan fingerprint density at radius 3 is 2.66 bits per heavy atom. The van der Waals surface area contributed by atoms with Crippen LogP contribution in [0.3, 0.4) is 0 Å². The van der Waals surface area contributed by atoms with Gasteiger partial charge in [0.05, 0.1) is 17.4 Å². The van der Waals surface area contributed by atoms with Gasteiger partial charge in [-0.05, 0) is 48.4 Å². The maximum atomic E-state index is 13.5. The van der Waals surface area contributed by atoms with Crippen LogP contribution < -0.4 is 10.2 Å². The molecule has 5 rings (SSSR count). The van der Waals surface area contributed by atoms with Crippen molar-refractivity contribution < 1.29 is 9.59 Å². The highest BCUT2D eigenvalue weighted by Crippen LogP contribution is 2.49. The van der Waals surface area contributed by atoms with Crippen molar-refractivity contribution in [2.75, 3.05) is 10.2 Å². The van der Waals surface area contributed by atoms with Crippen molar-refractivity contribution in [3.8, 4) is 0 Å². The van der Waals surface area contributed by atoms with Gasteiger partial charge in [0.15, 0.2) is 5.78 Å². The van der Waals surface area contributed by atoms with Crippen LogP contribution in [0.4, 0.5) is 11.4 Å². The molecule has 1 aliphatic heterocycles. The highest BCUT2D eigenvalue weighted by Gasteiger charge is 2.45. The molecule has 2 aromatic rings. The lowest BCUT2D eigenvalue weighted by molar-refractivity contribution is -0.120. The fraction of sp³-hybridized carbons (Fsp3) is 0.375. The maximum Gasteiger partial charge on any atom is 0.231 e. The minimum atomic E-state index is -0.452. The van der Waals surface area contributed by atoms with E-state index >= 15 is 0 Å². The van der Waals surface area contributed by atoms with Crippen LogP contribution in [-0.4, -0.2) is 16.7 Å². The van der Waals surface area contributed by atoms with Crippen molar-refractivity contribution in [2.45, 2.75) is 45.6 Å². The zero-order chi connectivity index (χ0) is 20.2. The second kappa shape index (κ2) is 6.55. The second-order valence-corrected chi connectivity index (χ2v) is 9.15. The van der Waals surface area contributed by atoms with Gasteiger partial charge in [0, 0.05) is 36.0 Å². The van der Waals surface area contributed by atoms with Gasteiger partial charge in [-0.3, -0.25) is 19.5 Å². The average molecular weight is 387 g/mol. The lowest BCUT2D eigenvalue weighted by Crippen LogP contribution is -2.40. The Balaban J connectivity index is 1.77. The topological polar surface area (TPSA) is 62.3 Å². The minimum absolute atomic E-state index is 0.0412. The van der Waals surface area contributed by atoms with Crippen LogP contribution in [0, 0.1) is 11.3 Å². The molecule has 0 saturated heterocycles. The van der Waals surface area contributed by atoms with Gasteiger partial charge in [0.2, 0.25) is 5.91 Å². The van der Waals surface area contributed by atoms with Crippen molar-refractivity contribution in [2.24, 2.45) is 11.3 Å². The van der Waals surface area contributed by atoms with E-state index in [4.69, 9.17) is 0 Å². The lowest BCUT2D eigenvalue weighted by Gasteiger charge is -2.37. The third-order valence-corrected chi connectivity index (χ3v) is 6.06. The van der Waals surface area contributed by atoms with E-state index in [0.717, 1.165) is 41.9 Å².